The van der Waals surface area contributed by atoms with Gasteiger partial charge in [-0.3, -0.25) is 0 Å². The first-order valence-corrected chi connectivity index (χ1v) is 7.71. The van der Waals surface area contributed by atoms with Crippen molar-refractivity contribution in [2.45, 2.75) is 31.6 Å². The van der Waals surface area contributed by atoms with Crippen LogP contribution in [-0.4, -0.2) is 23.4 Å². The number of halogens is 1. The second-order valence-corrected chi connectivity index (χ2v) is 5.99. The van der Waals surface area contributed by atoms with E-state index in [9.17, 15) is 0 Å². The number of aromatic nitrogens is 2. The van der Waals surface area contributed by atoms with Gasteiger partial charge < -0.3 is 9.26 Å². The summed E-state index contributed by atoms with van der Waals surface area (Å²) in [5, 5.41) is 4.06. The number of nitrogens with zero attached hydrogens (tertiary/aromatic N) is 2. The zero-order valence-electron chi connectivity index (χ0n) is 11.4. The molecule has 0 N–H and O–H groups in total. The normalized spacial score (nSPS) is 18.1. The van der Waals surface area contributed by atoms with Gasteiger partial charge in [-0.05, 0) is 30.5 Å². The van der Waals surface area contributed by atoms with Crippen LogP contribution in [0.1, 0.15) is 37.0 Å². The molecule has 3 rings (SSSR count). The van der Waals surface area contributed by atoms with Crippen molar-refractivity contribution in [3.8, 4) is 0 Å². The predicted octanol–water partition coefficient (Wildman–Crippen LogP) is 3.49. The monoisotopic (exact) mass is 336 g/mol. The van der Waals surface area contributed by atoms with Crippen molar-refractivity contribution in [3.63, 3.8) is 0 Å². The largest absolute Gasteiger partial charge is 0.381 e. The topological polar surface area (TPSA) is 48.2 Å². The molecule has 0 unspecified atom stereocenters. The fourth-order valence-corrected chi connectivity index (χ4v) is 2.97. The molecule has 2 heterocycles. The summed E-state index contributed by atoms with van der Waals surface area (Å²) in [6, 6.07) is 8.38. The van der Waals surface area contributed by atoms with Crippen LogP contribution in [0.2, 0.25) is 0 Å². The highest BCUT2D eigenvalue weighted by Crippen LogP contribution is 2.40. The molecule has 0 atom stereocenters. The molecule has 106 valence electrons. The van der Waals surface area contributed by atoms with Crippen molar-refractivity contribution in [2.75, 3.05) is 13.2 Å². The van der Waals surface area contributed by atoms with Gasteiger partial charge in [0.15, 0.2) is 5.82 Å². The van der Waals surface area contributed by atoms with Gasteiger partial charge in [0.1, 0.15) is 0 Å². The second kappa shape index (κ2) is 5.66. The average Bonchev–Trinajstić information content (AvgIpc) is 2.98. The SMILES string of the molecule is CCc1noc(C2(c3ccc(Br)cc3)CCOCC2)n1. The van der Waals surface area contributed by atoms with E-state index < -0.39 is 0 Å². The second-order valence-electron chi connectivity index (χ2n) is 5.07. The minimum Gasteiger partial charge on any atom is -0.381 e. The van der Waals surface area contributed by atoms with E-state index in [1.165, 1.54) is 5.56 Å². The van der Waals surface area contributed by atoms with E-state index in [-0.39, 0.29) is 5.41 Å². The molecule has 2 aromatic rings. The summed E-state index contributed by atoms with van der Waals surface area (Å²) >= 11 is 3.48. The summed E-state index contributed by atoms with van der Waals surface area (Å²) in [7, 11) is 0. The first kappa shape index (κ1) is 13.8. The third-order valence-corrected chi connectivity index (χ3v) is 4.47. The molecule has 0 spiro atoms. The van der Waals surface area contributed by atoms with Crippen molar-refractivity contribution >= 4 is 15.9 Å². The Morgan fingerprint density at radius 1 is 1.20 bits per heavy atom. The molecule has 5 heteroatoms. The Balaban J connectivity index is 2.05. The van der Waals surface area contributed by atoms with Gasteiger partial charge >= 0.3 is 0 Å². The molecule has 1 aliphatic heterocycles. The number of rotatable bonds is 3. The molecule has 0 bridgehead atoms. The van der Waals surface area contributed by atoms with E-state index >= 15 is 0 Å². The highest BCUT2D eigenvalue weighted by atomic mass is 79.9. The summed E-state index contributed by atoms with van der Waals surface area (Å²) in [5.74, 6) is 1.49. The van der Waals surface area contributed by atoms with Crippen LogP contribution in [0.5, 0.6) is 0 Å². The number of benzene rings is 1. The van der Waals surface area contributed by atoms with E-state index in [4.69, 9.17) is 9.26 Å². The summed E-state index contributed by atoms with van der Waals surface area (Å²) in [4.78, 5) is 4.58. The van der Waals surface area contributed by atoms with Crippen molar-refractivity contribution in [1.29, 1.82) is 0 Å². The van der Waals surface area contributed by atoms with E-state index in [0.29, 0.717) is 0 Å². The lowest BCUT2D eigenvalue weighted by Crippen LogP contribution is -2.35. The zero-order chi connectivity index (χ0) is 14.0. The Kier molecular flexibility index (Phi) is 3.89. The van der Waals surface area contributed by atoms with E-state index in [1.54, 1.807) is 0 Å². The highest BCUT2D eigenvalue weighted by molar-refractivity contribution is 9.10. The Bertz CT molecular complexity index is 574. The molecule has 0 amide bonds. The van der Waals surface area contributed by atoms with Gasteiger partial charge in [-0.2, -0.15) is 4.98 Å². The van der Waals surface area contributed by atoms with Gasteiger partial charge in [0.2, 0.25) is 5.89 Å². The molecular formula is C15H17BrN2O2. The fourth-order valence-electron chi connectivity index (χ4n) is 2.71. The molecule has 20 heavy (non-hydrogen) atoms. The lowest BCUT2D eigenvalue weighted by Gasteiger charge is -2.34. The van der Waals surface area contributed by atoms with Crippen LogP contribution in [0, 0.1) is 0 Å². The number of aryl methyl sites for hydroxylation is 1. The Morgan fingerprint density at radius 3 is 2.50 bits per heavy atom. The summed E-state index contributed by atoms with van der Waals surface area (Å²) in [6.45, 7) is 3.48. The van der Waals surface area contributed by atoms with Gasteiger partial charge in [0.25, 0.3) is 0 Å². The van der Waals surface area contributed by atoms with Crippen molar-refractivity contribution in [1.82, 2.24) is 10.1 Å². The molecule has 1 aromatic heterocycles. The number of hydrogen-bond acceptors (Lipinski definition) is 4. The summed E-state index contributed by atoms with van der Waals surface area (Å²) < 4.78 is 12.2. The third-order valence-electron chi connectivity index (χ3n) is 3.94. The van der Waals surface area contributed by atoms with Crippen LogP contribution in [0.15, 0.2) is 33.3 Å². The molecule has 0 aliphatic carbocycles. The first-order chi connectivity index (χ1) is 9.74. The molecule has 1 fully saturated rings. The molecule has 1 saturated heterocycles. The van der Waals surface area contributed by atoms with Crippen LogP contribution in [0.3, 0.4) is 0 Å². The van der Waals surface area contributed by atoms with Gasteiger partial charge in [-0.1, -0.05) is 40.1 Å². The smallest absolute Gasteiger partial charge is 0.237 e. The van der Waals surface area contributed by atoms with Crippen molar-refractivity contribution < 1.29 is 9.26 Å². The maximum absolute atomic E-state index is 5.55. The van der Waals surface area contributed by atoms with E-state index in [1.807, 2.05) is 6.92 Å². The Morgan fingerprint density at radius 2 is 1.90 bits per heavy atom. The molecule has 0 saturated carbocycles. The average molecular weight is 337 g/mol. The number of ether oxygens (including phenoxy) is 1. The van der Waals surface area contributed by atoms with Gasteiger partial charge in [-0.25, -0.2) is 0 Å². The number of hydrogen-bond donors (Lipinski definition) is 0. The minimum absolute atomic E-state index is 0.209. The van der Waals surface area contributed by atoms with Crippen molar-refractivity contribution in [2.24, 2.45) is 0 Å². The molecular weight excluding hydrogens is 320 g/mol. The van der Waals surface area contributed by atoms with Crippen LogP contribution in [0.25, 0.3) is 0 Å². The standard InChI is InChI=1S/C15H17BrN2O2/c1-2-13-17-14(20-18-13)15(7-9-19-10-8-15)11-3-5-12(16)6-4-11/h3-6H,2,7-10H2,1H3. The Hall–Kier alpha value is -1.20. The van der Waals surface area contributed by atoms with Gasteiger partial charge in [-0.15, -0.1) is 0 Å². The summed E-state index contributed by atoms with van der Waals surface area (Å²) in [6.07, 6.45) is 2.54. The third kappa shape index (κ3) is 2.40. The molecule has 1 aliphatic rings. The summed E-state index contributed by atoms with van der Waals surface area (Å²) in [5.41, 5.74) is 1.01. The lowest BCUT2D eigenvalue weighted by atomic mass is 9.74. The lowest BCUT2D eigenvalue weighted by molar-refractivity contribution is 0.0523. The van der Waals surface area contributed by atoms with Crippen LogP contribution < -0.4 is 0 Å². The van der Waals surface area contributed by atoms with Crippen molar-refractivity contribution in [3.05, 3.63) is 46.0 Å². The van der Waals surface area contributed by atoms with E-state index in [0.717, 1.165) is 48.7 Å². The Labute approximate surface area is 126 Å². The van der Waals surface area contributed by atoms with E-state index in [2.05, 4.69) is 50.3 Å². The minimum atomic E-state index is -0.209. The maximum Gasteiger partial charge on any atom is 0.237 e. The fraction of sp³-hybridized carbons (Fsp3) is 0.467. The zero-order valence-corrected chi connectivity index (χ0v) is 13.0. The van der Waals surface area contributed by atoms with Gasteiger partial charge in [0, 0.05) is 24.1 Å². The molecule has 0 radical (unpaired) electrons. The van der Waals surface area contributed by atoms with Crippen LogP contribution in [-0.2, 0) is 16.6 Å². The quantitative estimate of drug-likeness (QED) is 0.860. The van der Waals surface area contributed by atoms with Crippen LogP contribution >= 0.6 is 15.9 Å². The first-order valence-electron chi connectivity index (χ1n) is 6.91. The molecule has 1 aromatic carbocycles. The van der Waals surface area contributed by atoms with Crippen LogP contribution in [0.4, 0.5) is 0 Å². The molecule has 4 nitrogen and oxygen atoms in total. The highest BCUT2D eigenvalue weighted by Gasteiger charge is 2.41. The van der Waals surface area contributed by atoms with Gasteiger partial charge in [0.05, 0.1) is 5.41 Å². The predicted molar refractivity (Wildman–Crippen MR) is 78.7 cm³/mol. The maximum atomic E-state index is 5.55.